The quantitative estimate of drug-likeness (QED) is 0.763. The molecule has 0 amide bonds. The number of fused-ring (bicyclic) bond motifs is 3. The van der Waals surface area contributed by atoms with E-state index in [0.29, 0.717) is 0 Å². The molecule has 0 aliphatic carbocycles. The van der Waals surface area contributed by atoms with Crippen molar-refractivity contribution >= 4 is 21.8 Å². The van der Waals surface area contributed by atoms with Gasteiger partial charge in [0.15, 0.2) is 0 Å². The Balaban J connectivity index is 2.27. The second kappa shape index (κ2) is 4.93. The van der Waals surface area contributed by atoms with Crippen LogP contribution in [0.4, 0.5) is 0 Å². The molecule has 1 unspecified atom stereocenters. The van der Waals surface area contributed by atoms with Crippen molar-refractivity contribution in [1.29, 1.82) is 0 Å². The summed E-state index contributed by atoms with van der Waals surface area (Å²) in [5.74, 6) is 0. The first-order valence-corrected chi connectivity index (χ1v) is 6.94. The molecule has 0 aliphatic heterocycles. The maximum Gasteiger partial charge on any atom is 0.0628 e. The van der Waals surface area contributed by atoms with Crippen molar-refractivity contribution < 1.29 is 5.11 Å². The van der Waals surface area contributed by atoms with E-state index >= 15 is 0 Å². The third-order valence-corrected chi connectivity index (χ3v) is 4.14. The summed E-state index contributed by atoms with van der Waals surface area (Å²) in [6, 6.07) is 16.9. The van der Waals surface area contributed by atoms with Crippen molar-refractivity contribution in [2.45, 2.75) is 19.0 Å². The maximum atomic E-state index is 9.65. The fourth-order valence-electron chi connectivity index (χ4n) is 2.73. The van der Waals surface area contributed by atoms with Crippen LogP contribution in [0, 0.1) is 0 Å². The molecule has 3 rings (SSSR count). The van der Waals surface area contributed by atoms with E-state index in [0.717, 1.165) is 6.54 Å². The highest BCUT2D eigenvalue weighted by Crippen LogP contribution is 2.29. The molecule has 3 nitrogen and oxygen atoms in total. The van der Waals surface area contributed by atoms with Crippen LogP contribution in [0.1, 0.15) is 6.92 Å². The van der Waals surface area contributed by atoms with Crippen LogP contribution in [0.3, 0.4) is 0 Å². The van der Waals surface area contributed by atoms with Gasteiger partial charge in [-0.3, -0.25) is 0 Å². The number of hydrogen-bond donors (Lipinski definition) is 2. The summed E-state index contributed by atoms with van der Waals surface area (Å²) in [5.41, 5.74) is 2.09. The third-order valence-electron chi connectivity index (χ3n) is 4.14. The molecule has 3 aromatic rings. The Morgan fingerprint density at radius 1 is 1.00 bits per heavy atom. The predicted octanol–water partition coefficient (Wildman–Crippen LogP) is 2.76. The van der Waals surface area contributed by atoms with E-state index < -0.39 is 0 Å². The van der Waals surface area contributed by atoms with E-state index in [1.54, 1.807) is 0 Å². The average molecular weight is 268 g/mol. The highest BCUT2D eigenvalue weighted by molar-refractivity contribution is 6.07. The molecular weight excluding hydrogens is 248 g/mol. The van der Waals surface area contributed by atoms with Gasteiger partial charge in [-0.2, -0.15) is 0 Å². The second-order valence-corrected chi connectivity index (χ2v) is 5.59. The summed E-state index contributed by atoms with van der Waals surface area (Å²) >= 11 is 0. The lowest BCUT2D eigenvalue weighted by Crippen LogP contribution is -2.47. The van der Waals surface area contributed by atoms with Gasteiger partial charge in [-0.1, -0.05) is 36.4 Å². The molecule has 2 N–H and O–H groups in total. The van der Waals surface area contributed by atoms with Crippen LogP contribution in [-0.4, -0.2) is 28.9 Å². The monoisotopic (exact) mass is 268 g/mol. The van der Waals surface area contributed by atoms with Gasteiger partial charge in [0, 0.05) is 28.4 Å². The highest BCUT2D eigenvalue weighted by atomic mass is 16.3. The van der Waals surface area contributed by atoms with Gasteiger partial charge in [0.25, 0.3) is 0 Å². The molecule has 3 heteroatoms. The number of hydrogen-bond acceptors (Lipinski definition) is 2. The van der Waals surface area contributed by atoms with Gasteiger partial charge in [0.1, 0.15) is 0 Å². The van der Waals surface area contributed by atoms with Crippen molar-refractivity contribution in [3.63, 3.8) is 0 Å². The fraction of sp³-hybridized carbons (Fsp3) is 0.294. The molecule has 104 valence electrons. The van der Waals surface area contributed by atoms with Crippen molar-refractivity contribution in [1.82, 2.24) is 9.88 Å². The highest BCUT2D eigenvalue weighted by Gasteiger charge is 2.23. The predicted molar refractivity (Wildman–Crippen MR) is 84.0 cm³/mol. The molecule has 0 fully saturated rings. The van der Waals surface area contributed by atoms with Crippen molar-refractivity contribution in [3.05, 3.63) is 48.5 Å². The number of nitrogens with zero attached hydrogens (tertiary/aromatic N) is 1. The Kier molecular flexibility index (Phi) is 3.24. The van der Waals surface area contributed by atoms with Crippen LogP contribution in [0.2, 0.25) is 0 Å². The van der Waals surface area contributed by atoms with Crippen molar-refractivity contribution in [2.24, 2.45) is 0 Å². The lowest BCUT2D eigenvalue weighted by atomic mass is 10.0. The zero-order valence-corrected chi connectivity index (χ0v) is 11.9. The zero-order chi connectivity index (χ0) is 14.2. The fourth-order valence-corrected chi connectivity index (χ4v) is 2.73. The smallest absolute Gasteiger partial charge is 0.0628 e. The SMILES string of the molecule is CNC(C)(CO)Cn1c2ccccc2c2ccccc21. The van der Waals surface area contributed by atoms with Crippen LogP contribution in [0.5, 0.6) is 0 Å². The molecule has 0 aliphatic rings. The number of nitrogens with one attached hydrogen (secondary N) is 1. The lowest BCUT2D eigenvalue weighted by molar-refractivity contribution is 0.168. The van der Waals surface area contributed by atoms with Gasteiger partial charge >= 0.3 is 0 Å². The summed E-state index contributed by atoms with van der Waals surface area (Å²) in [5, 5.41) is 15.4. The number of aromatic nitrogens is 1. The molecule has 1 heterocycles. The van der Waals surface area contributed by atoms with E-state index in [4.69, 9.17) is 0 Å². The van der Waals surface area contributed by atoms with Crippen molar-refractivity contribution in [2.75, 3.05) is 13.7 Å². The molecule has 20 heavy (non-hydrogen) atoms. The van der Waals surface area contributed by atoms with Crippen molar-refractivity contribution in [3.8, 4) is 0 Å². The molecule has 0 radical (unpaired) electrons. The molecule has 1 aromatic heterocycles. The summed E-state index contributed by atoms with van der Waals surface area (Å²) < 4.78 is 2.29. The molecule has 0 spiro atoms. The molecule has 0 saturated heterocycles. The minimum absolute atomic E-state index is 0.102. The molecular formula is C17H20N2O. The Morgan fingerprint density at radius 2 is 1.50 bits per heavy atom. The number of rotatable bonds is 4. The van der Waals surface area contributed by atoms with Gasteiger partial charge < -0.3 is 15.0 Å². The third kappa shape index (κ3) is 1.99. The Hall–Kier alpha value is -1.84. The maximum absolute atomic E-state index is 9.65. The molecule has 0 saturated carbocycles. The topological polar surface area (TPSA) is 37.2 Å². The Labute approximate surface area is 118 Å². The van der Waals surface area contributed by atoms with Gasteiger partial charge in [-0.15, -0.1) is 0 Å². The van der Waals surface area contributed by atoms with Gasteiger partial charge in [0.2, 0.25) is 0 Å². The van der Waals surface area contributed by atoms with Crippen LogP contribution < -0.4 is 5.32 Å². The van der Waals surface area contributed by atoms with Gasteiger partial charge in [0.05, 0.1) is 12.1 Å². The second-order valence-electron chi connectivity index (χ2n) is 5.59. The first kappa shape index (κ1) is 13.2. The number of likely N-dealkylation sites (N-methyl/N-ethyl adjacent to an activating group) is 1. The summed E-state index contributed by atoms with van der Waals surface area (Å²) in [7, 11) is 1.89. The zero-order valence-electron chi connectivity index (χ0n) is 11.9. The molecule has 0 bridgehead atoms. The van der Waals surface area contributed by atoms with E-state index in [2.05, 4.69) is 58.4 Å². The summed E-state index contributed by atoms with van der Waals surface area (Å²) in [4.78, 5) is 0. The number of para-hydroxylation sites is 2. The first-order valence-electron chi connectivity index (χ1n) is 6.94. The van der Waals surface area contributed by atoms with Crippen LogP contribution in [0.25, 0.3) is 21.8 Å². The minimum Gasteiger partial charge on any atom is -0.394 e. The van der Waals surface area contributed by atoms with Gasteiger partial charge in [-0.25, -0.2) is 0 Å². The summed E-state index contributed by atoms with van der Waals surface area (Å²) in [6.07, 6.45) is 0. The number of benzene rings is 2. The van der Waals surface area contributed by atoms with E-state index in [1.807, 2.05) is 14.0 Å². The Morgan fingerprint density at radius 3 is 1.95 bits per heavy atom. The van der Waals surface area contributed by atoms with Crippen LogP contribution >= 0.6 is 0 Å². The van der Waals surface area contributed by atoms with E-state index in [-0.39, 0.29) is 12.1 Å². The number of aliphatic hydroxyl groups is 1. The average Bonchev–Trinajstić information content (AvgIpc) is 2.82. The standard InChI is InChI=1S/C17H20N2O/c1-17(12-20,18-2)11-19-15-9-5-3-7-13(15)14-8-4-6-10-16(14)19/h3-10,18,20H,11-12H2,1-2H3. The van der Waals surface area contributed by atoms with Crippen LogP contribution in [0.15, 0.2) is 48.5 Å². The minimum atomic E-state index is -0.329. The molecule has 1 atom stereocenters. The van der Waals surface area contributed by atoms with E-state index in [9.17, 15) is 5.11 Å². The summed E-state index contributed by atoms with van der Waals surface area (Å²) in [6.45, 7) is 2.87. The van der Waals surface area contributed by atoms with Crippen LogP contribution in [-0.2, 0) is 6.54 Å². The largest absolute Gasteiger partial charge is 0.394 e. The van der Waals surface area contributed by atoms with Gasteiger partial charge in [-0.05, 0) is 26.1 Å². The lowest BCUT2D eigenvalue weighted by Gasteiger charge is -2.28. The molecule has 2 aromatic carbocycles. The number of aliphatic hydroxyl groups excluding tert-OH is 1. The first-order chi connectivity index (χ1) is 9.68. The Bertz CT molecular complexity index is 688. The van der Waals surface area contributed by atoms with E-state index in [1.165, 1.54) is 21.8 Å². The normalized spacial score (nSPS) is 14.8.